The fourth-order valence-electron chi connectivity index (χ4n) is 4.22. The zero-order valence-corrected chi connectivity index (χ0v) is 12.5. The summed E-state index contributed by atoms with van der Waals surface area (Å²) in [5.41, 5.74) is 0.0492. The van der Waals surface area contributed by atoms with Gasteiger partial charge in [-0.25, -0.2) is 0 Å². The maximum absolute atomic E-state index is 10.5. The van der Waals surface area contributed by atoms with Crippen molar-refractivity contribution in [3.05, 3.63) is 0 Å². The minimum atomic E-state index is -0.414. The van der Waals surface area contributed by atoms with Gasteiger partial charge in [0, 0.05) is 12.6 Å². The Morgan fingerprint density at radius 3 is 2.39 bits per heavy atom. The van der Waals surface area contributed by atoms with E-state index in [0.717, 1.165) is 25.3 Å². The average Bonchev–Trinajstić information content (AvgIpc) is 2.25. The SMILES string of the molecule is CC1CC(NCC2(O)CCCCC2)CC(C)(C)C1. The van der Waals surface area contributed by atoms with Crippen LogP contribution in [0.4, 0.5) is 0 Å². The summed E-state index contributed by atoms with van der Waals surface area (Å²) >= 11 is 0. The summed E-state index contributed by atoms with van der Waals surface area (Å²) in [5, 5.41) is 14.2. The lowest BCUT2D eigenvalue weighted by Crippen LogP contribution is -2.48. The van der Waals surface area contributed by atoms with Gasteiger partial charge in [0.25, 0.3) is 0 Å². The topological polar surface area (TPSA) is 32.3 Å². The minimum Gasteiger partial charge on any atom is -0.389 e. The maximum atomic E-state index is 10.5. The minimum absolute atomic E-state index is 0.414. The van der Waals surface area contributed by atoms with E-state index in [-0.39, 0.29) is 0 Å². The van der Waals surface area contributed by atoms with Crippen LogP contribution in [-0.2, 0) is 0 Å². The first kappa shape index (κ1) is 14.3. The molecule has 2 rings (SSSR count). The van der Waals surface area contributed by atoms with E-state index in [1.54, 1.807) is 0 Å². The van der Waals surface area contributed by atoms with E-state index in [0.29, 0.717) is 11.5 Å². The van der Waals surface area contributed by atoms with Gasteiger partial charge in [-0.05, 0) is 43.4 Å². The molecule has 0 aromatic rings. The Bertz CT molecular complexity index is 268. The summed E-state index contributed by atoms with van der Waals surface area (Å²) in [4.78, 5) is 0. The first-order valence-corrected chi connectivity index (χ1v) is 7.84. The Balaban J connectivity index is 1.82. The van der Waals surface area contributed by atoms with Crippen molar-refractivity contribution < 1.29 is 5.11 Å². The lowest BCUT2D eigenvalue weighted by Gasteiger charge is -2.41. The van der Waals surface area contributed by atoms with Gasteiger partial charge in [-0.3, -0.25) is 0 Å². The molecule has 0 spiro atoms. The first-order valence-electron chi connectivity index (χ1n) is 7.84. The van der Waals surface area contributed by atoms with Crippen molar-refractivity contribution in [2.24, 2.45) is 11.3 Å². The van der Waals surface area contributed by atoms with Crippen molar-refractivity contribution in [3.8, 4) is 0 Å². The van der Waals surface area contributed by atoms with Crippen molar-refractivity contribution in [3.63, 3.8) is 0 Å². The molecule has 2 aliphatic rings. The molecule has 2 N–H and O–H groups in total. The second-order valence-corrected chi connectivity index (χ2v) is 7.78. The van der Waals surface area contributed by atoms with Crippen LogP contribution in [0.3, 0.4) is 0 Å². The summed E-state index contributed by atoms with van der Waals surface area (Å²) in [6.45, 7) is 7.94. The molecule has 0 heterocycles. The van der Waals surface area contributed by atoms with Crippen LogP contribution in [0, 0.1) is 11.3 Å². The smallest absolute Gasteiger partial charge is 0.0771 e. The van der Waals surface area contributed by atoms with Crippen molar-refractivity contribution in [1.29, 1.82) is 0 Å². The summed E-state index contributed by atoms with van der Waals surface area (Å²) in [6.07, 6.45) is 9.56. The van der Waals surface area contributed by atoms with E-state index in [4.69, 9.17) is 0 Å². The van der Waals surface area contributed by atoms with E-state index >= 15 is 0 Å². The number of hydrogen-bond acceptors (Lipinski definition) is 2. The van der Waals surface area contributed by atoms with Crippen LogP contribution in [-0.4, -0.2) is 23.3 Å². The largest absolute Gasteiger partial charge is 0.389 e. The summed E-state index contributed by atoms with van der Waals surface area (Å²) in [6, 6.07) is 0.606. The number of nitrogens with one attached hydrogen (secondary N) is 1. The second-order valence-electron chi connectivity index (χ2n) is 7.78. The van der Waals surface area contributed by atoms with Gasteiger partial charge in [-0.1, -0.05) is 40.0 Å². The Labute approximate surface area is 113 Å². The number of rotatable bonds is 3. The van der Waals surface area contributed by atoms with Crippen molar-refractivity contribution in [2.75, 3.05) is 6.54 Å². The lowest BCUT2D eigenvalue weighted by atomic mass is 9.70. The molecule has 0 aliphatic heterocycles. The van der Waals surface area contributed by atoms with Crippen molar-refractivity contribution in [2.45, 2.75) is 83.8 Å². The molecule has 0 amide bonds. The highest BCUT2D eigenvalue weighted by Crippen LogP contribution is 2.38. The molecule has 2 nitrogen and oxygen atoms in total. The predicted octanol–water partition coefficient (Wildman–Crippen LogP) is 3.49. The molecule has 2 fully saturated rings. The van der Waals surface area contributed by atoms with E-state index in [2.05, 4.69) is 26.1 Å². The van der Waals surface area contributed by atoms with Gasteiger partial charge < -0.3 is 10.4 Å². The van der Waals surface area contributed by atoms with Crippen LogP contribution < -0.4 is 5.32 Å². The van der Waals surface area contributed by atoms with Crippen LogP contribution in [0.2, 0.25) is 0 Å². The first-order chi connectivity index (χ1) is 8.39. The highest BCUT2D eigenvalue weighted by Gasteiger charge is 2.34. The molecule has 0 radical (unpaired) electrons. The Morgan fingerprint density at radius 1 is 1.11 bits per heavy atom. The van der Waals surface area contributed by atoms with Gasteiger partial charge in [-0.15, -0.1) is 0 Å². The number of aliphatic hydroxyl groups is 1. The fraction of sp³-hybridized carbons (Fsp3) is 1.00. The van der Waals surface area contributed by atoms with Crippen LogP contribution >= 0.6 is 0 Å². The van der Waals surface area contributed by atoms with Gasteiger partial charge >= 0.3 is 0 Å². The highest BCUT2D eigenvalue weighted by atomic mass is 16.3. The molecule has 2 heteroatoms. The number of hydrogen-bond donors (Lipinski definition) is 2. The van der Waals surface area contributed by atoms with E-state index in [9.17, 15) is 5.11 Å². The molecule has 106 valence electrons. The Morgan fingerprint density at radius 2 is 1.78 bits per heavy atom. The molecular weight excluding hydrogens is 222 g/mol. The molecule has 2 aliphatic carbocycles. The molecule has 0 bridgehead atoms. The van der Waals surface area contributed by atoms with Crippen LogP contribution in [0.5, 0.6) is 0 Å². The zero-order valence-electron chi connectivity index (χ0n) is 12.5. The monoisotopic (exact) mass is 253 g/mol. The van der Waals surface area contributed by atoms with Gasteiger partial charge in [-0.2, -0.15) is 0 Å². The molecule has 0 saturated heterocycles. The highest BCUT2D eigenvalue weighted by molar-refractivity contribution is 4.90. The molecular formula is C16H31NO. The van der Waals surface area contributed by atoms with Crippen molar-refractivity contribution >= 4 is 0 Å². The zero-order chi connectivity index (χ0) is 13.2. The maximum Gasteiger partial charge on any atom is 0.0771 e. The molecule has 2 atom stereocenters. The van der Waals surface area contributed by atoms with Gasteiger partial charge in [0.15, 0.2) is 0 Å². The normalized spacial score (nSPS) is 35.3. The third-order valence-electron chi connectivity index (χ3n) is 4.89. The van der Waals surface area contributed by atoms with Crippen LogP contribution in [0.1, 0.15) is 72.1 Å². The molecule has 18 heavy (non-hydrogen) atoms. The van der Waals surface area contributed by atoms with Crippen LogP contribution in [0.15, 0.2) is 0 Å². The van der Waals surface area contributed by atoms with Crippen LogP contribution in [0.25, 0.3) is 0 Å². The quantitative estimate of drug-likeness (QED) is 0.807. The standard InChI is InChI=1S/C16H31NO/c1-13-9-14(11-15(2,3)10-13)17-12-16(18)7-5-4-6-8-16/h13-14,17-18H,4-12H2,1-3H3. The molecule has 0 aromatic carbocycles. The second kappa shape index (κ2) is 5.50. The molecule has 0 aromatic heterocycles. The van der Waals surface area contributed by atoms with E-state index in [1.807, 2.05) is 0 Å². The average molecular weight is 253 g/mol. The Hall–Kier alpha value is -0.0800. The third kappa shape index (κ3) is 3.96. The van der Waals surface area contributed by atoms with Crippen molar-refractivity contribution in [1.82, 2.24) is 5.32 Å². The van der Waals surface area contributed by atoms with Gasteiger partial charge in [0.1, 0.15) is 0 Å². The lowest BCUT2D eigenvalue weighted by molar-refractivity contribution is -0.00148. The summed E-state index contributed by atoms with van der Waals surface area (Å²) < 4.78 is 0. The molecule has 2 unspecified atom stereocenters. The van der Waals surface area contributed by atoms with Gasteiger partial charge in [0.2, 0.25) is 0 Å². The van der Waals surface area contributed by atoms with Gasteiger partial charge in [0.05, 0.1) is 5.60 Å². The summed E-state index contributed by atoms with van der Waals surface area (Å²) in [7, 11) is 0. The van der Waals surface area contributed by atoms with E-state index in [1.165, 1.54) is 38.5 Å². The van der Waals surface area contributed by atoms with E-state index < -0.39 is 5.60 Å². The summed E-state index contributed by atoms with van der Waals surface area (Å²) in [5.74, 6) is 0.812. The third-order valence-corrected chi connectivity index (χ3v) is 4.89. The predicted molar refractivity (Wildman–Crippen MR) is 76.6 cm³/mol. The molecule has 2 saturated carbocycles. The fourth-order valence-corrected chi connectivity index (χ4v) is 4.22. The Kier molecular flexibility index (Phi) is 4.38.